The lowest BCUT2D eigenvalue weighted by molar-refractivity contribution is 0.537. The second-order valence-electron chi connectivity index (χ2n) is 3.29. The van der Waals surface area contributed by atoms with E-state index in [0.29, 0.717) is 5.52 Å². The summed E-state index contributed by atoms with van der Waals surface area (Å²) in [6.07, 6.45) is 0. The number of fused-ring (bicyclic) bond motifs is 1. The van der Waals surface area contributed by atoms with Crippen molar-refractivity contribution in [3.8, 4) is 0 Å². The molecule has 1 heterocycles. The lowest BCUT2D eigenvalue weighted by Gasteiger charge is -2.04. The number of hydrogen-bond acceptors (Lipinski definition) is 3. The molecule has 0 bridgehead atoms. The number of imidazole rings is 1. The van der Waals surface area contributed by atoms with E-state index >= 15 is 0 Å². The second kappa shape index (κ2) is 3.32. The number of benzene rings is 1. The van der Waals surface area contributed by atoms with Crippen molar-refractivity contribution in [3.63, 3.8) is 0 Å². The molecule has 0 aliphatic heterocycles. The van der Waals surface area contributed by atoms with Crippen LogP contribution in [-0.2, 0) is 25.2 Å². The SMILES string of the molecule is Cn1c(=O)n(C)c2cc(S(=O)[O-])ccc21. The van der Waals surface area contributed by atoms with Crippen LogP contribution in [0.3, 0.4) is 0 Å². The van der Waals surface area contributed by atoms with E-state index in [-0.39, 0.29) is 10.6 Å². The van der Waals surface area contributed by atoms with Gasteiger partial charge >= 0.3 is 5.69 Å². The third kappa shape index (κ3) is 1.42. The van der Waals surface area contributed by atoms with Gasteiger partial charge in [-0.15, -0.1) is 0 Å². The Balaban J connectivity index is 2.89. The van der Waals surface area contributed by atoms with Gasteiger partial charge in [0.1, 0.15) is 0 Å². The molecule has 0 fully saturated rings. The van der Waals surface area contributed by atoms with Gasteiger partial charge in [-0.25, -0.2) is 4.79 Å². The minimum atomic E-state index is -2.27. The molecule has 1 atom stereocenters. The number of nitrogens with zero attached hydrogens (tertiary/aromatic N) is 2. The Morgan fingerprint density at radius 1 is 1.20 bits per heavy atom. The largest absolute Gasteiger partial charge is 0.768 e. The molecule has 0 N–H and O–H groups in total. The lowest BCUT2D eigenvalue weighted by atomic mass is 10.3. The first-order chi connectivity index (χ1) is 7.02. The minimum absolute atomic E-state index is 0.168. The van der Waals surface area contributed by atoms with Gasteiger partial charge in [-0.1, -0.05) is 0 Å². The first kappa shape index (κ1) is 10.1. The number of hydrogen-bond donors (Lipinski definition) is 0. The zero-order valence-corrected chi connectivity index (χ0v) is 9.08. The molecule has 2 rings (SSSR count). The Morgan fingerprint density at radius 3 is 2.40 bits per heavy atom. The van der Waals surface area contributed by atoms with Crippen molar-refractivity contribution in [1.82, 2.24) is 9.13 Å². The van der Waals surface area contributed by atoms with Crippen LogP contribution in [0.5, 0.6) is 0 Å². The van der Waals surface area contributed by atoms with E-state index in [1.807, 2.05) is 0 Å². The highest BCUT2D eigenvalue weighted by atomic mass is 32.2. The molecule has 1 aromatic heterocycles. The molecule has 0 saturated carbocycles. The molecule has 0 spiro atoms. The normalized spacial score (nSPS) is 13.3. The van der Waals surface area contributed by atoms with E-state index in [4.69, 9.17) is 0 Å². The number of aryl methyl sites for hydroxylation is 2. The fraction of sp³-hybridized carbons (Fsp3) is 0.222. The highest BCUT2D eigenvalue weighted by Gasteiger charge is 2.07. The maximum atomic E-state index is 11.5. The molecule has 15 heavy (non-hydrogen) atoms. The van der Waals surface area contributed by atoms with Crippen LogP contribution < -0.4 is 5.69 Å². The van der Waals surface area contributed by atoms with E-state index in [0.717, 1.165) is 5.52 Å². The molecule has 1 unspecified atom stereocenters. The van der Waals surface area contributed by atoms with Gasteiger partial charge in [0.2, 0.25) is 0 Å². The molecule has 0 aliphatic carbocycles. The minimum Gasteiger partial charge on any atom is -0.768 e. The maximum Gasteiger partial charge on any atom is 0.328 e. The number of aromatic nitrogens is 2. The fourth-order valence-electron chi connectivity index (χ4n) is 1.59. The van der Waals surface area contributed by atoms with E-state index in [2.05, 4.69) is 0 Å². The second-order valence-corrected chi connectivity index (χ2v) is 4.23. The Labute approximate surface area is 88.2 Å². The predicted octanol–water partition coefficient (Wildman–Crippen LogP) is 0.115. The van der Waals surface area contributed by atoms with Crippen LogP contribution in [0.2, 0.25) is 0 Å². The summed E-state index contributed by atoms with van der Waals surface area (Å²) < 4.78 is 24.4. The summed E-state index contributed by atoms with van der Waals surface area (Å²) in [4.78, 5) is 11.7. The van der Waals surface area contributed by atoms with Crippen LogP contribution in [0.1, 0.15) is 0 Å². The van der Waals surface area contributed by atoms with Gasteiger partial charge in [-0.05, 0) is 29.3 Å². The average molecular weight is 225 g/mol. The summed E-state index contributed by atoms with van der Waals surface area (Å²) in [6, 6.07) is 4.59. The van der Waals surface area contributed by atoms with Gasteiger partial charge in [0.15, 0.2) is 0 Å². The van der Waals surface area contributed by atoms with Crippen LogP contribution in [0.25, 0.3) is 11.0 Å². The molecule has 0 saturated heterocycles. The van der Waals surface area contributed by atoms with Gasteiger partial charge in [0.05, 0.1) is 11.0 Å². The Hall–Kier alpha value is -1.40. The van der Waals surface area contributed by atoms with E-state index in [1.165, 1.54) is 21.3 Å². The first-order valence-electron chi connectivity index (χ1n) is 4.27. The fourth-order valence-corrected chi connectivity index (χ4v) is 1.98. The van der Waals surface area contributed by atoms with Crippen LogP contribution in [0.4, 0.5) is 0 Å². The van der Waals surface area contributed by atoms with E-state index in [1.54, 1.807) is 20.2 Å². The van der Waals surface area contributed by atoms with Crippen LogP contribution in [0, 0.1) is 0 Å². The molecule has 2 aromatic rings. The van der Waals surface area contributed by atoms with Crippen molar-refractivity contribution < 1.29 is 8.76 Å². The van der Waals surface area contributed by atoms with Gasteiger partial charge in [0, 0.05) is 19.0 Å². The predicted molar refractivity (Wildman–Crippen MR) is 55.3 cm³/mol. The van der Waals surface area contributed by atoms with Gasteiger partial charge in [0.25, 0.3) is 0 Å². The van der Waals surface area contributed by atoms with Gasteiger partial charge < -0.3 is 4.55 Å². The standard InChI is InChI=1S/C9H10N2O3S/c1-10-7-4-3-6(15(13)14)5-8(7)11(2)9(10)12/h3-5H,1-2H3,(H,13,14)/p-1. The van der Waals surface area contributed by atoms with E-state index < -0.39 is 11.1 Å². The van der Waals surface area contributed by atoms with Crippen molar-refractivity contribution in [1.29, 1.82) is 0 Å². The highest BCUT2D eigenvalue weighted by molar-refractivity contribution is 7.79. The summed E-state index contributed by atoms with van der Waals surface area (Å²) in [5, 5.41) is 0. The highest BCUT2D eigenvalue weighted by Crippen LogP contribution is 2.15. The molecule has 5 nitrogen and oxygen atoms in total. The van der Waals surface area contributed by atoms with Crippen molar-refractivity contribution in [2.24, 2.45) is 14.1 Å². The summed E-state index contributed by atoms with van der Waals surface area (Å²) in [5.41, 5.74) is 1.17. The molecule has 0 aliphatic rings. The summed E-state index contributed by atoms with van der Waals surface area (Å²) >= 11 is -2.27. The van der Waals surface area contributed by atoms with Crippen LogP contribution in [-0.4, -0.2) is 17.9 Å². The zero-order valence-electron chi connectivity index (χ0n) is 8.26. The van der Waals surface area contributed by atoms with Crippen molar-refractivity contribution in [2.45, 2.75) is 4.90 Å². The molecule has 80 valence electrons. The third-order valence-corrected chi connectivity index (χ3v) is 3.07. The van der Waals surface area contributed by atoms with Crippen LogP contribution >= 0.6 is 0 Å². The third-order valence-electron chi connectivity index (χ3n) is 2.44. The maximum absolute atomic E-state index is 11.5. The van der Waals surface area contributed by atoms with E-state index in [9.17, 15) is 13.6 Å². The molecule has 0 radical (unpaired) electrons. The molecule has 6 heteroatoms. The Morgan fingerprint density at radius 2 is 1.80 bits per heavy atom. The molecular formula is C9H9N2O3S-. The zero-order chi connectivity index (χ0) is 11.2. The van der Waals surface area contributed by atoms with Crippen molar-refractivity contribution >= 4 is 22.1 Å². The summed E-state index contributed by atoms with van der Waals surface area (Å²) in [5.74, 6) is 0. The molecule has 0 amide bonds. The number of rotatable bonds is 1. The van der Waals surface area contributed by atoms with Crippen LogP contribution in [0.15, 0.2) is 27.9 Å². The van der Waals surface area contributed by atoms with Gasteiger partial charge in [-0.2, -0.15) is 0 Å². The van der Waals surface area contributed by atoms with Crippen molar-refractivity contribution in [2.75, 3.05) is 0 Å². The summed E-state index contributed by atoms with van der Waals surface area (Å²) in [7, 11) is 3.26. The Bertz CT molecular complexity index is 612. The quantitative estimate of drug-likeness (QED) is 0.647. The average Bonchev–Trinajstić information content (AvgIpc) is 2.44. The van der Waals surface area contributed by atoms with Gasteiger partial charge in [-0.3, -0.25) is 13.3 Å². The van der Waals surface area contributed by atoms with Crippen molar-refractivity contribution in [3.05, 3.63) is 28.7 Å². The summed E-state index contributed by atoms with van der Waals surface area (Å²) in [6.45, 7) is 0. The smallest absolute Gasteiger partial charge is 0.328 e. The molecule has 1 aromatic carbocycles. The lowest BCUT2D eigenvalue weighted by Crippen LogP contribution is -2.19. The molecular weight excluding hydrogens is 216 g/mol. The Kier molecular flexibility index (Phi) is 2.24. The topological polar surface area (TPSA) is 67.1 Å². The first-order valence-corrected chi connectivity index (χ1v) is 5.34. The monoisotopic (exact) mass is 225 g/mol.